The van der Waals surface area contributed by atoms with Gasteiger partial charge in [-0.3, -0.25) is 0 Å². The van der Waals surface area contributed by atoms with Crippen LogP contribution in [0.4, 0.5) is 0 Å². The van der Waals surface area contributed by atoms with Crippen molar-refractivity contribution in [1.82, 2.24) is 0 Å². The second kappa shape index (κ2) is 4.99. The Labute approximate surface area is 86.1 Å². The van der Waals surface area contributed by atoms with Crippen molar-refractivity contribution < 1.29 is 0 Å². The lowest BCUT2D eigenvalue weighted by Gasteiger charge is -2.00. The number of rotatable bonds is 3. The van der Waals surface area contributed by atoms with Crippen molar-refractivity contribution in [3.05, 3.63) is 35.9 Å². The Balaban J connectivity index is 2.39. The highest BCUT2D eigenvalue weighted by Gasteiger charge is 1.97. The molecule has 0 heterocycles. The first kappa shape index (κ1) is 9.33. The lowest BCUT2D eigenvalue weighted by Crippen LogP contribution is -1.90. The zero-order chi connectivity index (χ0) is 8.10. The van der Waals surface area contributed by atoms with Gasteiger partial charge in [-0.25, -0.2) is 0 Å². The third-order valence-corrected chi connectivity index (χ3v) is 2.34. The molecule has 2 heteroatoms. The van der Waals surface area contributed by atoms with Crippen molar-refractivity contribution in [2.45, 2.75) is 16.2 Å². The summed E-state index contributed by atoms with van der Waals surface area (Å²) in [5.74, 6) is 0. The maximum absolute atomic E-state index is 5.81. The van der Waals surface area contributed by atoms with E-state index in [1.54, 1.807) is 0 Å². The average Bonchev–Trinajstić information content (AvgIpc) is 2.03. The van der Waals surface area contributed by atoms with E-state index in [9.17, 15) is 0 Å². The van der Waals surface area contributed by atoms with Crippen LogP contribution >= 0.6 is 34.2 Å². The second-order valence-electron chi connectivity index (χ2n) is 2.42. The van der Waals surface area contributed by atoms with Gasteiger partial charge in [0.25, 0.3) is 0 Å². The van der Waals surface area contributed by atoms with Gasteiger partial charge in [0.05, 0.1) is 3.38 Å². The van der Waals surface area contributed by atoms with Crippen molar-refractivity contribution >= 4 is 34.2 Å². The fraction of sp³-hybridized carbons (Fsp3) is 0.333. The summed E-state index contributed by atoms with van der Waals surface area (Å²) in [4.78, 5) is 0. The van der Waals surface area contributed by atoms with Crippen molar-refractivity contribution in [2.24, 2.45) is 0 Å². The fourth-order valence-electron chi connectivity index (χ4n) is 0.920. The minimum atomic E-state index is 0.257. The molecule has 11 heavy (non-hydrogen) atoms. The van der Waals surface area contributed by atoms with Gasteiger partial charge in [0.15, 0.2) is 0 Å². The Kier molecular flexibility index (Phi) is 4.23. The van der Waals surface area contributed by atoms with Gasteiger partial charge in [-0.2, -0.15) is 0 Å². The Morgan fingerprint density at radius 1 is 1.27 bits per heavy atom. The minimum Gasteiger partial charge on any atom is -0.111 e. The molecule has 0 fully saturated rings. The van der Waals surface area contributed by atoms with E-state index in [4.69, 9.17) is 11.6 Å². The molecule has 1 rings (SSSR count). The number of alkyl halides is 2. The molecule has 1 unspecified atom stereocenters. The molecule has 0 aliphatic carbocycles. The van der Waals surface area contributed by atoms with E-state index in [0.717, 1.165) is 12.8 Å². The Morgan fingerprint density at radius 3 is 2.45 bits per heavy atom. The normalized spacial score (nSPS) is 12.9. The van der Waals surface area contributed by atoms with Crippen molar-refractivity contribution in [2.75, 3.05) is 0 Å². The molecule has 0 bridgehead atoms. The topological polar surface area (TPSA) is 0 Å². The summed E-state index contributed by atoms with van der Waals surface area (Å²) in [6.45, 7) is 0. The maximum Gasteiger partial charge on any atom is 0.0853 e. The number of hydrogen-bond donors (Lipinski definition) is 0. The van der Waals surface area contributed by atoms with E-state index in [0.29, 0.717) is 0 Å². The highest BCUT2D eigenvalue weighted by atomic mass is 127. The van der Waals surface area contributed by atoms with Crippen LogP contribution < -0.4 is 0 Å². The van der Waals surface area contributed by atoms with Crippen LogP contribution in [0.25, 0.3) is 0 Å². The van der Waals surface area contributed by atoms with Gasteiger partial charge in [-0.1, -0.05) is 52.9 Å². The Morgan fingerprint density at radius 2 is 1.91 bits per heavy atom. The molecule has 0 aliphatic rings. The molecular weight excluding hydrogens is 270 g/mol. The molecule has 0 aromatic heterocycles. The second-order valence-corrected chi connectivity index (χ2v) is 5.18. The molecule has 0 saturated carbocycles. The quantitative estimate of drug-likeness (QED) is 0.586. The lowest BCUT2D eigenvalue weighted by molar-refractivity contribution is 0.914. The summed E-state index contributed by atoms with van der Waals surface area (Å²) in [5.41, 5.74) is 1.37. The van der Waals surface area contributed by atoms with Gasteiger partial charge in [0, 0.05) is 0 Å². The van der Waals surface area contributed by atoms with Crippen LogP contribution in [-0.4, -0.2) is 3.38 Å². The van der Waals surface area contributed by atoms with Gasteiger partial charge >= 0.3 is 0 Å². The first-order valence-corrected chi connectivity index (χ1v) is 5.29. The van der Waals surface area contributed by atoms with Crippen LogP contribution in [-0.2, 0) is 6.42 Å². The third-order valence-electron chi connectivity index (χ3n) is 1.49. The summed E-state index contributed by atoms with van der Waals surface area (Å²) >= 11 is 8.05. The predicted molar refractivity (Wildman–Crippen MR) is 58.4 cm³/mol. The molecular formula is C9H10ClI. The van der Waals surface area contributed by atoms with Crippen molar-refractivity contribution in [3.63, 3.8) is 0 Å². The van der Waals surface area contributed by atoms with Crippen molar-refractivity contribution in [3.8, 4) is 0 Å². The summed E-state index contributed by atoms with van der Waals surface area (Å²) < 4.78 is 0.257. The van der Waals surface area contributed by atoms with Gasteiger partial charge in [0.2, 0.25) is 0 Å². The van der Waals surface area contributed by atoms with E-state index in [-0.39, 0.29) is 3.38 Å². The largest absolute Gasteiger partial charge is 0.111 e. The summed E-state index contributed by atoms with van der Waals surface area (Å²) in [7, 11) is 0. The van der Waals surface area contributed by atoms with Crippen LogP contribution in [0.5, 0.6) is 0 Å². The number of benzene rings is 1. The highest BCUT2D eigenvalue weighted by molar-refractivity contribution is 14.1. The van der Waals surface area contributed by atoms with Gasteiger partial charge in [-0.15, -0.1) is 11.6 Å². The fourth-order valence-corrected chi connectivity index (χ4v) is 1.34. The zero-order valence-corrected chi connectivity index (χ0v) is 9.05. The van der Waals surface area contributed by atoms with Crippen LogP contribution in [0.2, 0.25) is 0 Å². The van der Waals surface area contributed by atoms with E-state index in [2.05, 4.69) is 46.9 Å². The molecule has 0 saturated heterocycles. The van der Waals surface area contributed by atoms with E-state index >= 15 is 0 Å². The molecule has 60 valence electrons. The maximum atomic E-state index is 5.81. The monoisotopic (exact) mass is 280 g/mol. The SMILES string of the molecule is ClC(I)CCc1ccccc1. The summed E-state index contributed by atoms with van der Waals surface area (Å²) in [5, 5.41) is 0. The van der Waals surface area contributed by atoms with Gasteiger partial charge in [0.1, 0.15) is 0 Å². The molecule has 0 aliphatic heterocycles. The first-order chi connectivity index (χ1) is 5.29. The number of hydrogen-bond acceptors (Lipinski definition) is 0. The molecule has 0 spiro atoms. The average molecular weight is 281 g/mol. The molecule has 0 radical (unpaired) electrons. The molecule has 1 aromatic rings. The number of aryl methyl sites for hydroxylation is 1. The standard InChI is InChI=1S/C9H10ClI/c10-9(11)7-6-8-4-2-1-3-5-8/h1-5,9H,6-7H2. The molecule has 1 atom stereocenters. The third kappa shape index (κ3) is 3.97. The summed E-state index contributed by atoms with van der Waals surface area (Å²) in [6.07, 6.45) is 2.13. The molecule has 0 amide bonds. The minimum absolute atomic E-state index is 0.257. The Bertz CT molecular complexity index is 196. The smallest absolute Gasteiger partial charge is 0.0853 e. The van der Waals surface area contributed by atoms with Crippen LogP contribution in [0, 0.1) is 0 Å². The van der Waals surface area contributed by atoms with Crippen LogP contribution in [0.15, 0.2) is 30.3 Å². The first-order valence-electron chi connectivity index (χ1n) is 3.61. The highest BCUT2D eigenvalue weighted by Crippen LogP contribution is 2.14. The molecule has 1 aromatic carbocycles. The van der Waals surface area contributed by atoms with E-state index in [1.807, 2.05) is 6.07 Å². The predicted octanol–water partition coefficient (Wildman–Crippen LogP) is 3.62. The van der Waals surface area contributed by atoms with Crippen molar-refractivity contribution in [1.29, 1.82) is 0 Å². The molecule has 0 nitrogen and oxygen atoms in total. The van der Waals surface area contributed by atoms with Crippen LogP contribution in [0.1, 0.15) is 12.0 Å². The van der Waals surface area contributed by atoms with E-state index < -0.39 is 0 Å². The van der Waals surface area contributed by atoms with Gasteiger partial charge < -0.3 is 0 Å². The van der Waals surface area contributed by atoms with Gasteiger partial charge in [-0.05, 0) is 18.4 Å². The lowest BCUT2D eigenvalue weighted by atomic mass is 10.1. The number of halogens is 2. The summed E-state index contributed by atoms with van der Waals surface area (Å²) in [6, 6.07) is 10.4. The zero-order valence-electron chi connectivity index (χ0n) is 6.13. The molecule has 0 N–H and O–H groups in total. The van der Waals surface area contributed by atoms with E-state index in [1.165, 1.54) is 5.56 Å². The van der Waals surface area contributed by atoms with Crippen LogP contribution in [0.3, 0.4) is 0 Å². The Hall–Kier alpha value is 0.240.